The summed E-state index contributed by atoms with van der Waals surface area (Å²) in [7, 11) is 0. The van der Waals surface area contributed by atoms with Gasteiger partial charge in [0.15, 0.2) is 0 Å². The number of hydrogen-bond acceptors (Lipinski definition) is 1. The average molecular weight is 180 g/mol. The maximum absolute atomic E-state index is 5.60. The molecule has 0 aromatic heterocycles. The Labute approximate surface area is 77.5 Å². The SMILES string of the molecule is Cc1ccc(N)cc1C#CCCl. The molecule has 0 aliphatic carbocycles. The Morgan fingerprint density at radius 3 is 2.92 bits per heavy atom. The second-order valence-electron chi connectivity index (χ2n) is 2.51. The molecule has 0 saturated carbocycles. The standard InChI is InChI=1S/C10H10ClN/c1-8-4-5-10(12)7-9(8)3-2-6-11/h4-5,7H,6,12H2,1H3. The molecule has 0 unspecified atom stereocenters. The van der Waals surface area contributed by atoms with E-state index in [-0.39, 0.29) is 0 Å². The van der Waals surface area contributed by atoms with Crippen molar-refractivity contribution in [1.29, 1.82) is 0 Å². The van der Waals surface area contributed by atoms with Crippen molar-refractivity contribution in [3.63, 3.8) is 0 Å². The number of hydrogen-bond donors (Lipinski definition) is 1. The third-order valence-electron chi connectivity index (χ3n) is 1.55. The molecule has 0 bridgehead atoms. The summed E-state index contributed by atoms with van der Waals surface area (Å²) in [5.74, 6) is 6.09. The van der Waals surface area contributed by atoms with Gasteiger partial charge in [-0.1, -0.05) is 17.9 Å². The largest absolute Gasteiger partial charge is 0.399 e. The summed E-state index contributed by atoms with van der Waals surface area (Å²) < 4.78 is 0. The van der Waals surface area contributed by atoms with Crippen molar-refractivity contribution >= 4 is 17.3 Å². The molecule has 0 aliphatic rings. The predicted molar refractivity (Wildman–Crippen MR) is 53.2 cm³/mol. The van der Waals surface area contributed by atoms with Gasteiger partial charge < -0.3 is 5.73 Å². The minimum atomic E-state index is 0.355. The molecule has 2 heteroatoms. The van der Waals surface area contributed by atoms with E-state index in [9.17, 15) is 0 Å². The molecule has 1 aromatic carbocycles. The van der Waals surface area contributed by atoms with Crippen LogP contribution in [0.3, 0.4) is 0 Å². The molecule has 0 radical (unpaired) electrons. The Balaban J connectivity index is 3.05. The molecule has 0 aliphatic heterocycles. The van der Waals surface area contributed by atoms with E-state index in [4.69, 9.17) is 17.3 Å². The zero-order valence-electron chi connectivity index (χ0n) is 6.89. The van der Waals surface area contributed by atoms with Crippen LogP contribution in [0.15, 0.2) is 18.2 Å². The second kappa shape index (κ2) is 4.04. The Morgan fingerprint density at radius 1 is 1.50 bits per heavy atom. The van der Waals surface area contributed by atoms with Gasteiger partial charge in [0, 0.05) is 11.3 Å². The van der Waals surface area contributed by atoms with Gasteiger partial charge >= 0.3 is 0 Å². The highest BCUT2D eigenvalue weighted by Crippen LogP contribution is 2.10. The van der Waals surface area contributed by atoms with Gasteiger partial charge in [-0.3, -0.25) is 0 Å². The van der Waals surface area contributed by atoms with Crippen LogP contribution in [0.4, 0.5) is 5.69 Å². The van der Waals surface area contributed by atoms with E-state index in [0.717, 1.165) is 16.8 Å². The zero-order chi connectivity index (χ0) is 8.97. The van der Waals surface area contributed by atoms with Gasteiger partial charge in [-0.05, 0) is 24.6 Å². The first-order valence-corrected chi connectivity index (χ1v) is 4.18. The first-order valence-electron chi connectivity index (χ1n) is 3.65. The quantitative estimate of drug-likeness (QED) is 0.369. The average Bonchev–Trinajstić information content (AvgIpc) is 2.07. The van der Waals surface area contributed by atoms with Crippen LogP contribution in [0, 0.1) is 18.8 Å². The summed E-state index contributed by atoms with van der Waals surface area (Å²) in [6.45, 7) is 2.00. The number of halogens is 1. The third-order valence-corrected chi connectivity index (χ3v) is 1.69. The molecule has 2 N–H and O–H groups in total. The number of nitrogen functional groups attached to an aromatic ring is 1. The van der Waals surface area contributed by atoms with Gasteiger partial charge in [0.1, 0.15) is 0 Å². The van der Waals surface area contributed by atoms with Gasteiger partial charge in [-0.2, -0.15) is 0 Å². The minimum Gasteiger partial charge on any atom is -0.399 e. The van der Waals surface area contributed by atoms with Gasteiger partial charge in [-0.25, -0.2) is 0 Å². The first kappa shape index (κ1) is 8.96. The highest BCUT2D eigenvalue weighted by molar-refractivity contribution is 6.19. The lowest BCUT2D eigenvalue weighted by atomic mass is 10.1. The van der Waals surface area contributed by atoms with Gasteiger partial charge in [0.2, 0.25) is 0 Å². The summed E-state index contributed by atoms with van der Waals surface area (Å²) in [5.41, 5.74) is 8.42. The molecule has 0 heterocycles. The first-order chi connectivity index (χ1) is 5.74. The van der Waals surface area contributed by atoms with Crippen molar-refractivity contribution in [1.82, 2.24) is 0 Å². The summed E-state index contributed by atoms with van der Waals surface area (Å²) in [5, 5.41) is 0. The monoisotopic (exact) mass is 179 g/mol. The van der Waals surface area contributed by atoms with Crippen LogP contribution >= 0.6 is 11.6 Å². The fourth-order valence-corrected chi connectivity index (χ4v) is 0.970. The van der Waals surface area contributed by atoms with Gasteiger partial charge in [-0.15, -0.1) is 11.6 Å². The van der Waals surface area contributed by atoms with E-state index in [1.807, 2.05) is 25.1 Å². The zero-order valence-corrected chi connectivity index (χ0v) is 7.65. The summed E-state index contributed by atoms with van der Waals surface area (Å²) >= 11 is 5.44. The van der Waals surface area contributed by atoms with Crippen molar-refractivity contribution < 1.29 is 0 Å². The molecule has 0 spiro atoms. The van der Waals surface area contributed by atoms with E-state index < -0.39 is 0 Å². The number of anilines is 1. The van der Waals surface area contributed by atoms with Crippen LogP contribution in [0.1, 0.15) is 11.1 Å². The van der Waals surface area contributed by atoms with E-state index in [1.165, 1.54) is 0 Å². The van der Waals surface area contributed by atoms with Crippen LogP contribution in [-0.4, -0.2) is 5.88 Å². The summed E-state index contributed by atoms with van der Waals surface area (Å²) in [4.78, 5) is 0. The van der Waals surface area contributed by atoms with Crippen LogP contribution < -0.4 is 5.73 Å². The van der Waals surface area contributed by atoms with Crippen LogP contribution in [0.5, 0.6) is 0 Å². The molecule has 1 rings (SSSR count). The lowest BCUT2D eigenvalue weighted by Gasteiger charge is -1.98. The van der Waals surface area contributed by atoms with Crippen molar-refractivity contribution in [2.75, 3.05) is 11.6 Å². The molecule has 0 fully saturated rings. The fourth-order valence-electron chi connectivity index (χ4n) is 0.903. The van der Waals surface area contributed by atoms with E-state index in [0.29, 0.717) is 5.88 Å². The lowest BCUT2D eigenvalue weighted by molar-refractivity contribution is 1.44. The molecular formula is C10H10ClN. The maximum Gasteiger partial charge on any atom is 0.0839 e. The Hall–Kier alpha value is -1.13. The molecule has 1 nitrogen and oxygen atoms in total. The highest BCUT2D eigenvalue weighted by atomic mass is 35.5. The molecule has 1 aromatic rings. The fraction of sp³-hybridized carbons (Fsp3) is 0.200. The molecule has 0 saturated heterocycles. The van der Waals surface area contributed by atoms with Crippen LogP contribution in [0.2, 0.25) is 0 Å². The Kier molecular flexibility index (Phi) is 3.01. The normalized spacial score (nSPS) is 8.83. The van der Waals surface area contributed by atoms with Crippen molar-refractivity contribution in [2.24, 2.45) is 0 Å². The second-order valence-corrected chi connectivity index (χ2v) is 2.78. The number of nitrogens with two attached hydrogens (primary N) is 1. The van der Waals surface area contributed by atoms with E-state index in [1.54, 1.807) is 0 Å². The number of rotatable bonds is 0. The summed E-state index contributed by atoms with van der Waals surface area (Å²) in [6, 6.07) is 5.67. The third kappa shape index (κ3) is 2.18. The number of aryl methyl sites for hydroxylation is 1. The van der Waals surface area contributed by atoms with Crippen LogP contribution in [-0.2, 0) is 0 Å². The predicted octanol–water partition coefficient (Wildman–Crippen LogP) is 2.17. The van der Waals surface area contributed by atoms with Gasteiger partial charge in [0.05, 0.1) is 5.88 Å². The van der Waals surface area contributed by atoms with Crippen molar-refractivity contribution in [3.8, 4) is 11.8 Å². The Morgan fingerprint density at radius 2 is 2.25 bits per heavy atom. The number of benzene rings is 1. The van der Waals surface area contributed by atoms with Crippen LogP contribution in [0.25, 0.3) is 0 Å². The molecule has 62 valence electrons. The van der Waals surface area contributed by atoms with E-state index in [2.05, 4.69) is 11.8 Å². The molecular weight excluding hydrogens is 170 g/mol. The van der Waals surface area contributed by atoms with Crippen molar-refractivity contribution in [2.45, 2.75) is 6.92 Å². The summed E-state index contributed by atoms with van der Waals surface area (Å²) in [6.07, 6.45) is 0. The molecule has 0 amide bonds. The van der Waals surface area contributed by atoms with E-state index >= 15 is 0 Å². The van der Waals surface area contributed by atoms with Gasteiger partial charge in [0.25, 0.3) is 0 Å². The topological polar surface area (TPSA) is 26.0 Å². The van der Waals surface area contributed by atoms with Crippen molar-refractivity contribution in [3.05, 3.63) is 29.3 Å². The lowest BCUT2D eigenvalue weighted by Crippen LogP contribution is -1.88. The number of alkyl halides is 1. The molecule has 0 atom stereocenters. The Bertz CT molecular complexity index is 333. The highest BCUT2D eigenvalue weighted by Gasteiger charge is 1.93. The molecule has 12 heavy (non-hydrogen) atoms. The minimum absolute atomic E-state index is 0.355. The smallest absolute Gasteiger partial charge is 0.0839 e. The maximum atomic E-state index is 5.60.